The minimum absolute atomic E-state index is 0.282. The van der Waals surface area contributed by atoms with Gasteiger partial charge in [-0.25, -0.2) is 9.78 Å². The van der Waals surface area contributed by atoms with E-state index >= 15 is 0 Å². The number of halogens is 1. The van der Waals surface area contributed by atoms with Gasteiger partial charge >= 0.3 is 5.97 Å². The number of ether oxygens (including phenoxy) is 2. The third kappa shape index (κ3) is 5.15. The molecular formula is C24H24ClNO3. The Hall–Kier alpha value is -2.85. The number of carbonyl (C=O) groups is 1. The fourth-order valence-electron chi connectivity index (χ4n) is 3.01. The van der Waals surface area contributed by atoms with Crippen LogP contribution in [0.5, 0.6) is 5.75 Å². The van der Waals surface area contributed by atoms with Crippen LogP contribution in [0.2, 0.25) is 5.02 Å². The zero-order chi connectivity index (χ0) is 20.6. The molecule has 0 amide bonds. The predicted molar refractivity (Wildman–Crippen MR) is 116 cm³/mol. The normalized spacial score (nSPS) is 10.6. The first kappa shape index (κ1) is 20.9. The van der Waals surface area contributed by atoms with Gasteiger partial charge in [0.2, 0.25) is 0 Å². The molecule has 0 saturated carbocycles. The monoisotopic (exact) mass is 409 g/mol. The molecule has 150 valence electrons. The first-order chi connectivity index (χ1) is 14.1. The Morgan fingerprint density at radius 1 is 0.966 bits per heavy atom. The molecule has 0 spiro atoms. The van der Waals surface area contributed by atoms with E-state index in [0.29, 0.717) is 23.9 Å². The highest BCUT2D eigenvalue weighted by molar-refractivity contribution is 6.31. The summed E-state index contributed by atoms with van der Waals surface area (Å²) in [6, 6.07) is 18.9. The average molecular weight is 410 g/mol. The Bertz CT molecular complexity index is 987. The van der Waals surface area contributed by atoms with Crippen molar-refractivity contribution in [3.05, 3.63) is 71.4 Å². The Labute approximate surface area is 176 Å². The molecule has 0 aliphatic carbocycles. The Kier molecular flexibility index (Phi) is 7.25. The van der Waals surface area contributed by atoms with Gasteiger partial charge in [0.25, 0.3) is 0 Å². The molecule has 0 radical (unpaired) electrons. The molecule has 0 aliphatic heterocycles. The summed E-state index contributed by atoms with van der Waals surface area (Å²) in [7, 11) is 0. The summed E-state index contributed by atoms with van der Waals surface area (Å²) >= 11 is 6.30. The summed E-state index contributed by atoms with van der Waals surface area (Å²) in [5, 5.41) is 0.630. The lowest BCUT2D eigenvalue weighted by Gasteiger charge is -2.15. The average Bonchev–Trinajstić information content (AvgIpc) is 2.75. The number of aromatic nitrogens is 1. The van der Waals surface area contributed by atoms with Crippen LogP contribution in [-0.4, -0.2) is 24.2 Å². The molecule has 1 aromatic heterocycles. The molecule has 3 aromatic rings. The third-order valence-corrected chi connectivity index (χ3v) is 4.66. The van der Waals surface area contributed by atoms with Crippen LogP contribution >= 0.6 is 11.6 Å². The molecule has 0 N–H and O–H groups in total. The summed E-state index contributed by atoms with van der Waals surface area (Å²) < 4.78 is 11.1. The van der Waals surface area contributed by atoms with Crippen molar-refractivity contribution >= 4 is 17.6 Å². The van der Waals surface area contributed by atoms with Gasteiger partial charge in [-0.2, -0.15) is 0 Å². The van der Waals surface area contributed by atoms with Gasteiger partial charge in [0.1, 0.15) is 11.4 Å². The van der Waals surface area contributed by atoms with Gasteiger partial charge in [-0.1, -0.05) is 55.3 Å². The smallest absolute Gasteiger partial charge is 0.356 e. The second-order valence-corrected chi connectivity index (χ2v) is 6.95. The van der Waals surface area contributed by atoms with Gasteiger partial charge in [0.05, 0.1) is 18.9 Å². The van der Waals surface area contributed by atoms with Crippen molar-refractivity contribution in [3.63, 3.8) is 0 Å². The first-order valence-corrected chi connectivity index (χ1v) is 10.2. The van der Waals surface area contributed by atoms with Crippen LogP contribution in [0.25, 0.3) is 22.4 Å². The lowest BCUT2D eigenvalue weighted by molar-refractivity contribution is 0.0519. The van der Waals surface area contributed by atoms with E-state index in [9.17, 15) is 4.79 Å². The van der Waals surface area contributed by atoms with Crippen molar-refractivity contribution in [1.82, 2.24) is 4.98 Å². The maximum atomic E-state index is 12.1. The highest BCUT2D eigenvalue weighted by atomic mass is 35.5. The second-order valence-electron chi connectivity index (χ2n) is 6.52. The molecule has 0 bridgehead atoms. The summed E-state index contributed by atoms with van der Waals surface area (Å²) in [6.07, 6.45) is 2.04. The molecule has 0 fully saturated rings. The fraction of sp³-hybridized carbons (Fsp3) is 0.250. The summed E-state index contributed by atoms with van der Waals surface area (Å²) in [6.45, 7) is 4.85. The van der Waals surface area contributed by atoms with Crippen LogP contribution in [0.3, 0.4) is 0 Å². The molecule has 29 heavy (non-hydrogen) atoms. The van der Waals surface area contributed by atoms with Gasteiger partial charge in [0.15, 0.2) is 0 Å². The molecule has 0 aliphatic rings. The minimum atomic E-state index is -0.432. The van der Waals surface area contributed by atoms with Gasteiger partial charge < -0.3 is 9.47 Å². The van der Waals surface area contributed by atoms with Crippen LogP contribution in [0, 0.1) is 0 Å². The highest BCUT2D eigenvalue weighted by Gasteiger charge is 2.15. The van der Waals surface area contributed by atoms with Crippen molar-refractivity contribution < 1.29 is 14.3 Å². The van der Waals surface area contributed by atoms with Gasteiger partial charge in [-0.15, -0.1) is 0 Å². The van der Waals surface area contributed by atoms with Crippen LogP contribution in [0.4, 0.5) is 0 Å². The largest absolute Gasteiger partial charge is 0.493 e. The third-order valence-electron chi connectivity index (χ3n) is 4.42. The van der Waals surface area contributed by atoms with Crippen molar-refractivity contribution in [1.29, 1.82) is 0 Å². The van der Waals surface area contributed by atoms with Crippen LogP contribution in [0.1, 0.15) is 37.2 Å². The number of hydrogen-bond acceptors (Lipinski definition) is 4. The quantitative estimate of drug-likeness (QED) is 0.318. The van der Waals surface area contributed by atoms with Crippen LogP contribution in [-0.2, 0) is 4.74 Å². The van der Waals surface area contributed by atoms with E-state index in [1.807, 2.05) is 54.6 Å². The topological polar surface area (TPSA) is 48.4 Å². The number of hydrogen-bond donors (Lipinski definition) is 0. The van der Waals surface area contributed by atoms with E-state index in [1.54, 1.807) is 13.0 Å². The molecule has 0 unspecified atom stereocenters. The SMILES string of the molecule is CCCCOc1ccc(Cl)cc1-c1ccccc1-c1cccc(C(=O)OCC)n1. The summed E-state index contributed by atoms with van der Waals surface area (Å²) in [4.78, 5) is 16.6. The van der Waals surface area contributed by atoms with Gasteiger partial charge in [0, 0.05) is 16.1 Å². The van der Waals surface area contributed by atoms with E-state index < -0.39 is 5.97 Å². The number of nitrogens with zero attached hydrogens (tertiary/aromatic N) is 1. The molecular weight excluding hydrogens is 386 g/mol. The number of unbranched alkanes of at least 4 members (excludes halogenated alkanes) is 1. The second kappa shape index (κ2) is 10.1. The summed E-state index contributed by atoms with van der Waals surface area (Å²) in [5.41, 5.74) is 3.69. The molecule has 0 atom stereocenters. The summed E-state index contributed by atoms with van der Waals surface area (Å²) in [5.74, 6) is 0.343. The fourth-order valence-corrected chi connectivity index (χ4v) is 3.18. The zero-order valence-electron chi connectivity index (χ0n) is 16.7. The lowest BCUT2D eigenvalue weighted by Crippen LogP contribution is -2.07. The Morgan fingerprint density at radius 3 is 2.52 bits per heavy atom. The van der Waals surface area contributed by atoms with E-state index in [0.717, 1.165) is 35.3 Å². The van der Waals surface area contributed by atoms with Crippen molar-refractivity contribution in [3.8, 4) is 28.1 Å². The standard InChI is InChI=1S/C24H24ClNO3/c1-3-5-15-29-23-14-13-17(25)16-20(23)18-9-6-7-10-19(18)21-11-8-12-22(26-21)24(27)28-4-2/h6-14,16H,3-5,15H2,1-2H3. The van der Waals surface area contributed by atoms with Crippen molar-refractivity contribution in [2.75, 3.05) is 13.2 Å². The minimum Gasteiger partial charge on any atom is -0.493 e. The molecule has 2 aromatic carbocycles. The van der Waals surface area contributed by atoms with E-state index in [1.165, 1.54) is 0 Å². The van der Waals surface area contributed by atoms with Crippen molar-refractivity contribution in [2.24, 2.45) is 0 Å². The van der Waals surface area contributed by atoms with Crippen molar-refractivity contribution in [2.45, 2.75) is 26.7 Å². The van der Waals surface area contributed by atoms with Crippen LogP contribution in [0.15, 0.2) is 60.7 Å². The Morgan fingerprint density at radius 2 is 1.76 bits per heavy atom. The van der Waals surface area contributed by atoms with Gasteiger partial charge in [-0.3, -0.25) is 0 Å². The lowest BCUT2D eigenvalue weighted by atomic mass is 9.96. The number of carbonyl (C=O) groups excluding carboxylic acids is 1. The molecule has 4 nitrogen and oxygen atoms in total. The van der Waals surface area contributed by atoms with E-state index in [2.05, 4.69) is 11.9 Å². The zero-order valence-corrected chi connectivity index (χ0v) is 17.4. The Balaban J connectivity index is 2.06. The van der Waals surface area contributed by atoms with Crippen LogP contribution < -0.4 is 4.74 Å². The number of esters is 1. The van der Waals surface area contributed by atoms with Gasteiger partial charge in [-0.05, 0) is 49.2 Å². The maximum absolute atomic E-state index is 12.1. The highest BCUT2D eigenvalue weighted by Crippen LogP contribution is 2.38. The van der Waals surface area contributed by atoms with E-state index in [4.69, 9.17) is 21.1 Å². The molecule has 3 rings (SSSR count). The number of rotatable bonds is 8. The molecule has 0 saturated heterocycles. The molecule has 5 heteroatoms. The predicted octanol–water partition coefficient (Wildman–Crippen LogP) is 6.42. The molecule has 1 heterocycles. The maximum Gasteiger partial charge on any atom is 0.356 e. The number of benzene rings is 2. The van der Waals surface area contributed by atoms with E-state index in [-0.39, 0.29) is 5.69 Å². The first-order valence-electron chi connectivity index (χ1n) is 9.80. The number of pyridine rings is 1.